The Kier molecular flexibility index (Phi) is 5.21. The molecule has 4 rings (SSSR count). The van der Waals surface area contributed by atoms with Gasteiger partial charge >= 0.3 is 0 Å². The molecule has 0 aliphatic carbocycles. The van der Waals surface area contributed by atoms with Gasteiger partial charge in [0, 0.05) is 10.0 Å². The molecule has 27 heavy (non-hydrogen) atoms. The van der Waals surface area contributed by atoms with E-state index in [0.717, 1.165) is 15.6 Å². The van der Waals surface area contributed by atoms with Crippen LogP contribution < -0.4 is 4.74 Å². The van der Waals surface area contributed by atoms with E-state index in [0.29, 0.717) is 34.3 Å². The molecule has 2 heterocycles. The first-order valence-electron chi connectivity index (χ1n) is 7.91. The zero-order valence-corrected chi connectivity index (χ0v) is 16.5. The number of thioether (sulfide) groups is 1. The lowest BCUT2D eigenvalue weighted by molar-refractivity contribution is 0.390. The Morgan fingerprint density at radius 1 is 1.11 bits per heavy atom. The predicted octanol–water partition coefficient (Wildman–Crippen LogP) is 4.85. The highest BCUT2D eigenvalue weighted by Crippen LogP contribution is 2.31. The average molecular weight is 445 g/mol. The summed E-state index contributed by atoms with van der Waals surface area (Å²) in [5.74, 6) is 2.51. The van der Waals surface area contributed by atoms with Crippen LogP contribution in [0.15, 0.2) is 67.2 Å². The Balaban J connectivity index is 1.45. The number of ether oxygens (including phenoxy) is 1. The van der Waals surface area contributed by atoms with E-state index in [9.17, 15) is 0 Å². The van der Waals surface area contributed by atoms with E-state index in [1.54, 1.807) is 7.11 Å². The highest BCUT2D eigenvalue weighted by Gasteiger charge is 2.15. The topological polar surface area (TPSA) is 87.1 Å². The standard InChI is InChI=1S/C18H13BrN4O3S/c1-24-14-8-3-2-7-13(14)17-21-22-18(25-17)27-10-15-20-16(23-26-15)11-5-4-6-12(19)9-11/h2-9H,10H2,1H3. The summed E-state index contributed by atoms with van der Waals surface area (Å²) in [7, 11) is 1.60. The Labute approximate surface area is 167 Å². The van der Waals surface area contributed by atoms with Gasteiger partial charge in [0.05, 0.1) is 18.4 Å². The molecule has 0 fully saturated rings. The van der Waals surface area contributed by atoms with Gasteiger partial charge in [-0.2, -0.15) is 4.98 Å². The maximum Gasteiger partial charge on any atom is 0.277 e. The van der Waals surface area contributed by atoms with E-state index in [2.05, 4.69) is 36.3 Å². The van der Waals surface area contributed by atoms with Crippen molar-refractivity contribution in [1.82, 2.24) is 20.3 Å². The molecule has 7 nitrogen and oxygen atoms in total. The molecular formula is C18H13BrN4O3S. The van der Waals surface area contributed by atoms with E-state index in [-0.39, 0.29) is 0 Å². The van der Waals surface area contributed by atoms with Gasteiger partial charge < -0.3 is 13.7 Å². The number of hydrogen-bond acceptors (Lipinski definition) is 8. The van der Waals surface area contributed by atoms with Gasteiger partial charge in [-0.05, 0) is 24.3 Å². The van der Waals surface area contributed by atoms with E-state index in [4.69, 9.17) is 13.7 Å². The van der Waals surface area contributed by atoms with E-state index in [1.807, 2.05) is 48.5 Å². The second-order valence-electron chi connectivity index (χ2n) is 5.38. The fourth-order valence-corrected chi connectivity index (χ4v) is 3.38. The monoisotopic (exact) mass is 444 g/mol. The Bertz CT molecular complexity index is 1070. The van der Waals surface area contributed by atoms with Crippen LogP contribution >= 0.6 is 27.7 Å². The van der Waals surface area contributed by atoms with Gasteiger partial charge in [0.25, 0.3) is 11.1 Å². The second kappa shape index (κ2) is 7.93. The largest absolute Gasteiger partial charge is 0.496 e. The number of para-hydroxylation sites is 1. The summed E-state index contributed by atoms with van der Waals surface area (Å²) in [6.07, 6.45) is 0. The molecule has 0 atom stereocenters. The second-order valence-corrected chi connectivity index (χ2v) is 7.23. The molecule has 0 aliphatic heterocycles. The molecule has 0 N–H and O–H groups in total. The van der Waals surface area contributed by atoms with E-state index < -0.39 is 0 Å². The number of benzene rings is 2. The van der Waals surface area contributed by atoms with Crippen molar-refractivity contribution in [3.05, 3.63) is 58.9 Å². The molecule has 2 aromatic carbocycles. The quantitative estimate of drug-likeness (QED) is 0.390. The first-order chi connectivity index (χ1) is 13.2. The number of aromatic nitrogens is 4. The maximum atomic E-state index is 5.71. The fourth-order valence-electron chi connectivity index (χ4n) is 2.38. The zero-order chi connectivity index (χ0) is 18.6. The third-order valence-electron chi connectivity index (χ3n) is 3.61. The molecule has 9 heteroatoms. The van der Waals surface area contributed by atoms with Gasteiger partial charge in [-0.25, -0.2) is 0 Å². The third kappa shape index (κ3) is 4.04. The van der Waals surface area contributed by atoms with Crippen molar-refractivity contribution in [2.45, 2.75) is 11.0 Å². The minimum Gasteiger partial charge on any atom is -0.496 e. The van der Waals surface area contributed by atoms with E-state index >= 15 is 0 Å². The first kappa shape index (κ1) is 17.7. The molecular weight excluding hydrogens is 432 g/mol. The normalized spacial score (nSPS) is 10.9. The zero-order valence-electron chi connectivity index (χ0n) is 14.1. The van der Waals surface area contributed by atoms with Crippen LogP contribution in [-0.2, 0) is 5.75 Å². The maximum absolute atomic E-state index is 5.71. The SMILES string of the molecule is COc1ccccc1-c1nnc(SCc2nc(-c3cccc(Br)c3)no2)o1. The van der Waals surface area contributed by atoms with Crippen molar-refractivity contribution in [2.75, 3.05) is 7.11 Å². The van der Waals surface area contributed by atoms with Crippen LogP contribution in [-0.4, -0.2) is 27.4 Å². The van der Waals surface area contributed by atoms with Crippen molar-refractivity contribution >= 4 is 27.7 Å². The van der Waals surface area contributed by atoms with Crippen LogP contribution in [0.5, 0.6) is 5.75 Å². The van der Waals surface area contributed by atoms with Gasteiger partial charge in [-0.3, -0.25) is 0 Å². The smallest absolute Gasteiger partial charge is 0.277 e. The van der Waals surface area contributed by atoms with Crippen LogP contribution in [0.25, 0.3) is 22.8 Å². The summed E-state index contributed by atoms with van der Waals surface area (Å²) >= 11 is 4.76. The summed E-state index contributed by atoms with van der Waals surface area (Å²) < 4.78 is 17.3. The van der Waals surface area contributed by atoms with Crippen molar-refractivity contribution in [3.63, 3.8) is 0 Å². The van der Waals surface area contributed by atoms with Crippen LogP contribution in [0.4, 0.5) is 0 Å². The average Bonchev–Trinajstić information content (AvgIpc) is 3.36. The molecule has 0 spiro atoms. The Morgan fingerprint density at radius 2 is 2.00 bits per heavy atom. The number of hydrogen-bond donors (Lipinski definition) is 0. The molecule has 4 aromatic rings. The summed E-state index contributed by atoms with van der Waals surface area (Å²) in [6.45, 7) is 0. The molecule has 0 saturated heterocycles. The number of rotatable bonds is 6. The predicted molar refractivity (Wildman–Crippen MR) is 103 cm³/mol. The molecule has 0 unspecified atom stereocenters. The lowest BCUT2D eigenvalue weighted by Crippen LogP contribution is -1.87. The summed E-state index contributed by atoms with van der Waals surface area (Å²) in [6, 6.07) is 15.2. The Morgan fingerprint density at radius 3 is 2.85 bits per heavy atom. The van der Waals surface area contributed by atoms with Crippen molar-refractivity contribution in [3.8, 4) is 28.6 Å². The third-order valence-corrected chi connectivity index (χ3v) is 4.91. The van der Waals surface area contributed by atoms with Crippen LogP contribution in [0.3, 0.4) is 0 Å². The Hall–Kier alpha value is -2.65. The minimum absolute atomic E-state index is 0.398. The molecule has 136 valence electrons. The first-order valence-corrected chi connectivity index (χ1v) is 9.69. The lowest BCUT2D eigenvalue weighted by Gasteiger charge is -2.03. The highest BCUT2D eigenvalue weighted by atomic mass is 79.9. The van der Waals surface area contributed by atoms with Crippen molar-refractivity contribution in [1.29, 1.82) is 0 Å². The summed E-state index contributed by atoms with van der Waals surface area (Å²) in [5.41, 5.74) is 1.62. The van der Waals surface area contributed by atoms with Gasteiger partial charge in [-0.15, -0.1) is 10.2 Å². The number of halogens is 1. The minimum atomic E-state index is 0.398. The van der Waals surface area contributed by atoms with Crippen LogP contribution in [0, 0.1) is 0 Å². The van der Waals surface area contributed by atoms with Gasteiger partial charge in [-0.1, -0.05) is 57.1 Å². The van der Waals surface area contributed by atoms with Gasteiger partial charge in [0.2, 0.25) is 11.7 Å². The van der Waals surface area contributed by atoms with Crippen LogP contribution in [0.1, 0.15) is 5.89 Å². The highest BCUT2D eigenvalue weighted by molar-refractivity contribution is 9.10. The molecule has 0 radical (unpaired) electrons. The van der Waals surface area contributed by atoms with Crippen molar-refractivity contribution in [2.24, 2.45) is 0 Å². The lowest BCUT2D eigenvalue weighted by atomic mass is 10.2. The molecule has 0 amide bonds. The molecule has 0 aliphatic rings. The van der Waals surface area contributed by atoms with Gasteiger partial charge in [0.1, 0.15) is 5.75 Å². The van der Waals surface area contributed by atoms with E-state index in [1.165, 1.54) is 11.8 Å². The summed E-state index contributed by atoms with van der Waals surface area (Å²) in [4.78, 5) is 4.40. The number of methoxy groups -OCH3 is 1. The molecule has 0 bridgehead atoms. The van der Waals surface area contributed by atoms with Crippen LogP contribution in [0.2, 0.25) is 0 Å². The summed E-state index contributed by atoms with van der Waals surface area (Å²) in [5, 5.41) is 12.6. The molecule has 2 aromatic heterocycles. The number of nitrogens with zero attached hydrogens (tertiary/aromatic N) is 4. The fraction of sp³-hybridized carbons (Fsp3) is 0.111. The molecule has 0 saturated carbocycles. The van der Waals surface area contributed by atoms with Crippen molar-refractivity contribution < 1.29 is 13.7 Å². The van der Waals surface area contributed by atoms with Gasteiger partial charge in [0.15, 0.2) is 0 Å².